The fraction of sp³-hybridized carbons (Fsp3) is 0.400. The fourth-order valence-electron chi connectivity index (χ4n) is 2.30. The van der Waals surface area contributed by atoms with Crippen LogP contribution in [0.15, 0.2) is 35.9 Å². The summed E-state index contributed by atoms with van der Waals surface area (Å²) in [6.45, 7) is 0.558. The highest BCUT2D eigenvalue weighted by molar-refractivity contribution is 7.92. The number of benzene rings is 1. The summed E-state index contributed by atoms with van der Waals surface area (Å²) < 4.78 is 24.8. The van der Waals surface area contributed by atoms with E-state index in [2.05, 4.69) is 16.1 Å². The van der Waals surface area contributed by atoms with Crippen molar-refractivity contribution in [2.45, 2.75) is 25.7 Å². The summed E-state index contributed by atoms with van der Waals surface area (Å²) in [5.41, 5.74) is 2.10. The lowest BCUT2D eigenvalue weighted by Crippen LogP contribution is -2.26. The number of carbonyl (C=O) groups is 1. The molecule has 0 saturated carbocycles. The summed E-state index contributed by atoms with van der Waals surface area (Å²) in [4.78, 5) is 12.1. The summed E-state index contributed by atoms with van der Waals surface area (Å²) in [5, 5.41) is 2.87. The van der Waals surface area contributed by atoms with Crippen molar-refractivity contribution in [1.82, 2.24) is 5.32 Å². The van der Waals surface area contributed by atoms with Crippen molar-refractivity contribution in [3.8, 4) is 0 Å². The molecule has 0 atom stereocenters. The first-order chi connectivity index (χ1) is 9.94. The van der Waals surface area contributed by atoms with Gasteiger partial charge in [-0.15, -0.1) is 0 Å². The lowest BCUT2D eigenvalue weighted by molar-refractivity contribution is 0.0956. The Morgan fingerprint density at radius 2 is 2.10 bits per heavy atom. The van der Waals surface area contributed by atoms with E-state index >= 15 is 0 Å². The minimum Gasteiger partial charge on any atom is -0.348 e. The summed E-state index contributed by atoms with van der Waals surface area (Å²) in [6, 6.07) is 6.47. The Bertz CT molecular complexity index is 651. The number of hydrogen-bond acceptors (Lipinski definition) is 3. The van der Waals surface area contributed by atoms with Crippen LogP contribution in [-0.2, 0) is 10.0 Å². The van der Waals surface area contributed by atoms with E-state index in [1.807, 2.05) is 0 Å². The molecule has 0 saturated heterocycles. The first kappa shape index (κ1) is 15.6. The van der Waals surface area contributed by atoms with Crippen LogP contribution in [0.25, 0.3) is 0 Å². The van der Waals surface area contributed by atoms with E-state index in [9.17, 15) is 13.2 Å². The average molecular weight is 308 g/mol. The second-order valence-electron chi connectivity index (χ2n) is 5.25. The molecule has 5 nitrogen and oxygen atoms in total. The van der Waals surface area contributed by atoms with Crippen molar-refractivity contribution < 1.29 is 13.2 Å². The Labute approximate surface area is 125 Å². The number of sulfonamides is 1. The Morgan fingerprint density at radius 1 is 1.29 bits per heavy atom. The van der Waals surface area contributed by atoms with Crippen molar-refractivity contribution in [3.05, 3.63) is 41.5 Å². The fourth-order valence-corrected chi connectivity index (χ4v) is 2.85. The van der Waals surface area contributed by atoms with Crippen LogP contribution in [0.2, 0.25) is 0 Å². The molecule has 0 fully saturated rings. The molecule has 0 spiro atoms. The van der Waals surface area contributed by atoms with E-state index in [1.165, 1.54) is 24.5 Å². The Balaban J connectivity index is 1.98. The third-order valence-electron chi connectivity index (χ3n) is 3.29. The smallest absolute Gasteiger partial charge is 0.251 e. The Morgan fingerprint density at radius 3 is 2.76 bits per heavy atom. The molecule has 21 heavy (non-hydrogen) atoms. The molecule has 6 heteroatoms. The predicted octanol–water partition coefficient (Wildman–Crippen LogP) is 2.29. The van der Waals surface area contributed by atoms with Gasteiger partial charge in [0.05, 0.1) is 6.26 Å². The zero-order valence-corrected chi connectivity index (χ0v) is 12.9. The molecule has 114 valence electrons. The van der Waals surface area contributed by atoms with Crippen molar-refractivity contribution in [3.63, 3.8) is 0 Å². The Hall–Kier alpha value is -1.82. The van der Waals surface area contributed by atoms with E-state index in [1.54, 1.807) is 18.2 Å². The van der Waals surface area contributed by atoms with E-state index in [0.29, 0.717) is 17.8 Å². The summed E-state index contributed by atoms with van der Waals surface area (Å²) in [6.07, 6.45) is 7.78. The lowest BCUT2D eigenvalue weighted by atomic mass is 9.99. The largest absolute Gasteiger partial charge is 0.348 e. The van der Waals surface area contributed by atoms with Crippen LogP contribution in [0, 0.1) is 0 Å². The molecule has 1 aromatic rings. The molecule has 1 aliphatic rings. The van der Waals surface area contributed by atoms with Gasteiger partial charge in [-0.3, -0.25) is 9.52 Å². The molecule has 1 aliphatic carbocycles. The van der Waals surface area contributed by atoms with Crippen molar-refractivity contribution in [1.29, 1.82) is 0 Å². The van der Waals surface area contributed by atoms with E-state index in [4.69, 9.17) is 0 Å². The van der Waals surface area contributed by atoms with Crippen molar-refractivity contribution >= 4 is 21.6 Å². The van der Waals surface area contributed by atoms with E-state index < -0.39 is 10.0 Å². The van der Waals surface area contributed by atoms with E-state index in [0.717, 1.165) is 19.1 Å². The van der Waals surface area contributed by atoms with Gasteiger partial charge < -0.3 is 5.32 Å². The molecule has 0 unspecified atom stereocenters. The van der Waals surface area contributed by atoms with Gasteiger partial charge in [0.25, 0.3) is 5.91 Å². The molecular formula is C15H20N2O3S. The minimum absolute atomic E-state index is 0.196. The SMILES string of the molecule is CS(=O)(=O)Nc1cccc(C(=O)NCC2=CCCCC2)c1. The minimum atomic E-state index is -3.34. The number of carbonyl (C=O) groups excluding carboxylic acids is 1. The monoisotopic (exact) mass is 308 g/mol. The number of allylic oxidation sites excluding steroid dienone is 1. The first-order valence-corrected chi connectivity index (χ1v) is 8.87. The van der Waals surface area contributed by atoms with Gasteiger partial charge in [0.1, 0.15) is 0 Å². The number of anilines is 1. The molecule has 0 aromatic heterocycles. The third kappa shape index (κ3) is 5.23. The van der Waals surface area contributed by atoms with Crippen molar-refractivity contribution in [2.24, 2.45) is 0 Å². The highest BCUT2D eigenvalue weighted by atomic mass is 32.2. The van der Waals surface area contributed by atoms with Crippen LogP contribution in [0.1, 0.15) is 36.0 Å². The maximum Gasteiger partial charge on any atom is 0.251 e. The Kier molecular flexibility index (Phi) is 5.01. The topological polar surface area (TPSA) is 75.3 Å². The van der Waals surface area contributed by atoms with Crippen LogP contribution in [0.5, 0.6) is 0 Å². The van der Waals surface area contributed by atoms with Gasteiger partial charge in [0.2, 0.25) is 10.0 Å². The predicted molar refractivity (Wildman–Crippen MR) is 83.8 cm³/mol. The standard InChI is InChI=1S/C15H20N2O3S/c1-21(19,20)17-14-9-5-8-13(10-14)15(18)16-11-12-6-3-2-4-7-12/h5-6,8-10,17H,2-4,7,11H2,1H3,(H,16,18). The van der Waals surface area contributed by atoms with Crippen LogP contribution >= 0.6 is 0 Å². The zero-order chi connectivity index (χ0) is 15.3. The second kappa shape index (κ2) is 6.76. The molecule has 2 N–H and O–H groups in total. The first-order valence-electron chi connectivity index (χ1n) is 6.98. The van der Waals surface area contributed by atoms with Gasteiger partial charge >= 0.3 is 0 Å². The quantitative estimate of drug-likeness (QED) is 0.820. The third-order valence-corrected chi connectivity index (χ3v) is 3.90. The number of amides is 1. The van der Waals surface area contributed by atoms with Crippen molar-refractivity contribution in [2.75, 3.05) is 17.5 Å². The molecular weight excluding hydrogens is 288 g/mol. The molecule has 0 bridgehead atoms. The van der Waals surface area contributed by atoms with Gasteiger partial charge in [0, 0.05) is 17.8 Å². The van der Waals surface area contributed by atoms with Gasteiger partial charge in [0.15, 0.2) is 0 Å². The van der Waals surface area contributed by atoms with Crippen LogP contribution in [-0.4, -0.2) is 27.1 Å². The normalized spacial score (nSPS) is 15.2. The zero-order valence-electron chi connectivity index (χ0n) is 12.1. The highest BCUT2D eigenvalue weighted by Gasteiger charge is 2.10. The maximum atomic E-state index is 12.1. The van der Waals surface area contributed by atoms with Crippen LogP contribution in [0.3, 0.4) is 0 Å². The number of rotatable bonds is 5. The molecule has 0 radical (unpaired) electrons. The van der Waals surface area contributed by atoms with Gasteiger partial charge in [-0.05, 0) is 43.9 Å². The van der Waals surface area contributed by atoms with Crippen LogP contribution in [0.4, 0.5) is 5.69 Å². The van der Waals surface area contributed by atoms with Crippen LogP contribution < -0.4 is 10.0 Å². The summed E-state index contributed by atoms with van der Waals surface area (Å²) >= 11 is 0. The second-order valence-corrected chi connectivity index (χ2v) is 6.99. The maximum absolute atomic E-state index is 12.1. The lowest BCUT2D eigenvalue weighted by Gasteiger charge is -2.13. The summed E-state index contributed by atoms with van der Waals surface area (Å²) in [5.74, 6) is -0.196. The van der Waals surface area contributed by atoms with E-state index in [-0.39, 0.29) is 5.91 Å². The number of nitrogens with one attached hydrogen (secondary N) is 2. The number of hydrogen-bond donors (Lipinski definition) is 2. The molecule has 0 heterocycles. The molecule has 2 rings (SSSR count). The highest BCUT2D eigenvalue weighted by Crippen LogP contribution is 2.17. The van der Waals surface area contributed by atoms with Gasteiger partial charge in [-0.2, -0.15) is 0 Å². The average Bonchev–Trinajstić information content (AvgIpc) is 2.44. The van der Waals surface area contributed by atoms with Gasteiger partial charge in [-0.1, -0.05) is 17.7 Å². The summed E-state index contributed by atoms with van der Waals surface area (Å²) in [7, 11) is -3.34. The molecule has 1 aromatic carbocycles. The molecule has 1 amide bonds. The molecule has 0 aliphatic heterocycles. The van der Waals surface area contributed by atoms with Gasteiger partial charge in [-0.25, -0.2) is 8.42 Å².